The van der Waals surface area contributed by atoms with Crippen LogP contribution in [0.15, 0.2) is 95.3 Å². The SMILES string of the molecule is COC(=O)Cn1ccc(-c2cnc(C)nc2OC[C@H]2C[C@@H]2c2ccc(OC)cn2)cc1=O.COc1ccc([C@H]2C[C@@H]2COc2nc(C)ncc2-c2ccn(CC(=O)O)c(=O)c2)nc1.[Li+].[OH-]. The number of nitrogens with zero attached hydrogens (tertiary/aromatic N) is 8. The fraction of sp³-hybridized carbons (Fsp3) is 0.333. The molecule has 6 aromatic rings. The summed E-state index contributed by atoms with van der Waals surface area (Å²) >= 11 is 0. The smallest absolute Gasteiger partial charge is 0.870 e. The molecule has 6 heterocycles. The van der Waals surface area contributed by atoms with Crippen LogP contribution in [0.3, 0.4) is 0 Å². The molecule has 0 radical (unpaired) electrons. The number of rotatable bonds is 16. The zero-order chi connectivity index (χ0) is 44.6. The zero-order valence-electron chi connectivity index (χ0n) is 36.8. The van der Waals surface area contributed by atoms with Gasteiger partial charge in [0.1, 0.15) is 36.2 Å². The van der Waals surface area contributed by atoms with Crippen LogP contribution in [0.25, 0.3) is 22.3 Å². The molecule has 2 aliphatic rings. The quantitative estimate of drug-likeness (QED) is 0.107. The number of carbonyl (C=O) groups excluding carboxylic acids is 1. The monoisotopic (exact) mass is 882 g/mol. The van der Waals surface area contributed by atoms with Crippen molar-refractivity contribution in [3.05, 3.63) is 129 Å². The topological polar surface area (TPSA) is 252 Å². The number of ether oxygens (including phenoxy) is 5. The van der Waals surface area contributed by atoms with Crippen LogP contribution >= 0.6 is 0 Å². The van der Waals surface area contributed by atoms with Crippen LogP contribution in [0, 0.1) is 25.7 Å². The summed E-state index contributed by atoms with van der Waals surface area (Å²) in [5.74, 6) is 3.18. The molecule has 2 aliphatic carbocycles. The number of hydrogen-bond acceptors (Lipinski definition) is 16. The molecule has 0 saturated heterocycles. The number of pyridine rings is 4. The summed E-state index contributed by atoms with van der Waals surface area (Å²) in [5.41, 5.74) is 3.69. The first kappa shape index (κ1) is 49.1. The van der Waals surface area contributed by atoms with E-state index < -0.39 is 24.0 Å². The third kappa shape index (κ3) is 12.6. The molecule has 0 aromatic carbocycles. The number of carbonyl (C=O) groups is 2. The number of carboxylic acid groups (broad SMARTS) is 1. The minimum Gasteiger partial charge on any atom is -0.870 e. The van der Waals surface area contributed by atoms with E-state index >= 15 is 0 Å². The third-order valence-corrected chi connectivity index (χ3v) is 10.7. The molecule has 20 heteroatoms. The predicted molar refractivity (Wildman–Crippen MR) is 229 cm³/mol. The Morgan fingerprint density at radius 1 is 0.662 bits per heavy atom. The van der Waals surface area contributed by atoms with Crippen molar-refractivity contribution >= 4 is 11.9 Å². The van der Waals surface area contributed by atoms with Crippen molar-refractivity contribution in [2.75, 3.05) is 34.5 Å². The summed E-state index contributed by atoms with van der Waals surface area (Å²) in [6.07, 6.45) is 11.7. The van der Waals surface area contributed by atoms with Gasteiger partial charge < -0.3 is 43.4 Å². The van der Waals surface area contributed by atoms with Gasteiger partial charge >= 0.3 is 30.8 Å². The molecule has 0 unspecified atom stereocenters. The van der Waals surface area contributed by atoms with Crippen molar-refractivity contribution in [3.63, 3.8) is 0 Å². The van der Waals surface area contributed by atoms with Gasteiger partial charge in [-0.25, -0.2) is 9.97 Å². The number of hydrogen-bond donors (Lipinski definition) is 1. The Bertz CT molecular complexity index is 2720. The predicted octanol–water partition coefficient (Wildman–Crippen LogP) is 1.48. The van der Waals surface area contributed by atoms with E-state index in [2.05, 4.69) is 34.6 Å². The second kappa shape index (κ2) is 22.1. The molecule has 8 rings (SSSR count). The van der Waals surface area contributed by atoms with Crippen molar-refractivity contribution in [2.45, 2.75) is 51.6 Å². The van der Waals surface area contributed by atoms with Gasteiger partial charge in [-0.2, -0.15) is 9.97 Å². The normalized spacial score (nSPS) is 16.6. The summed E-state index contributed by atoms with van der Waals surface area (Å²) in [6.45, 7) is 3.97. The summed E-state index contributed by atoms with van der Waals surface area (Å²) in [6, 6.07) is 13.9. The summed E-state index contributed by atoms with van der Waals surface area (Å²) in [7, 11) is 4.51. The zero-order valence-corrected chi connectivity index (χ0v) is 36.8. The van der Waals surface area contributed by atoms with E-state index in [0.717, 1.165) is 40.3 Å². The van der Waals surface area contributed by atoms with Crippen LogP contribution in [-0.4, -0.2) is 96.1 Å². The largest absolute Gasteiger partial charge is 1.00 e. The van der Waals surface area contributed by atoms with Crippen molar-refractivity contribution in [2.24, 2.45) is 11.8 Å². The fourth-order valence-electron chi connectivity index (χ4n) is 6.90. The first-order valence-corrected chi connectivity index (χ1v) is 20.1. The Hall–Kier alpha value is -6.94. The molecule has 65 heavy (non-hydrogen) atoms. The van der Waals surface area contributed by atoms with Crippen LogP contribution in [0.2, 0.25) is 0 Å². The molecule has 0 amide bonds. The van der Waals surface area contributed by atoms with Crippen LogP contribution in [0.4, 0.5) is 0 Å². The van der Waals surface area contributed by atoms with Crippen molar-refractivity contribution in [1.29, 1.82) is 0 Å². The Kier molecular flexibility index (Phi) is 16.7. The number of aromatic nitrogens is 8. The average molecular weight is 883 g/mol. The van der Waals surface area contributed by atoms with Gasteiger partial charge in [0.15, 0.2) is 0 Å². The maximum atomic E-state index is 12.4. The molecule has 4 atom stereocenters. The third-order valence-electron chi connectivity index (χ3n) is 10.7. The van der Waals surface area contributed by atoms with E-state index in [1.54, 1.807) is 71.2 Å². The van der Waals surface area contributed by atoms with Crippen molar-refractivity contribution in [3.8, 4) is 45.5 Å². The maximum absolute atomic E-state index is 12.4. The summed E-state index contributed by atoms with van der Waals surface area (Å²) in [4.78, 5) is 73.2. The van der Waals surface area contributed by atoms with Gasteiger partial charge in [-0.1, -0.05) is 0 Å². The van der Waals surface area contributed by atoms with Crippen LogP contribution in [0.5, 0.6) is 23.3 Å². The second-order valence-electron chi connectivity index (χ2n) is 15.1. The minimum absolute atomic E-state index is 0. The van der Waals surface area contributed by atoms with E-state index in [-0.39, 0.29) is 36.4 Å². The van der Waals surface area contributed by atoms with Crippen molar-refractivity contribution < 1.29 is 62.7 Å². The van der Waals surface area contributed by atoms with Crippen LogP contribution in [0.1, 0.15) is 47.7 Å². The van der Waals surface area contributed by atoms with Gasteiger partial charge in [0.2, 0.25) is 11.8 Å². The summed E-state index contributed by atoms with van der Waals surface area (Å²) in [5, 5.41) is 8.90. The van der Waals surface area contributed by atoms with E-state index in [9.17, 15) is 19.2 Å². The fourth-order valence-corrected chi connectivity index (χ4v) is 6.90. The number of aliphatic carboxylic acids is 1. The Balaban J connectivity index is 0.000000237. The molecule has 0 spiro atoms. The van der Waals surface area contributed by atoms with Gasteiger partial charge in [-0.3, -0.25) is 29.1 Å². The van der Waals surface area contributed by atoms with Gasteiger partial charge in [-0.05, 0) is 74.2 Å². The summed E-state index contributed by atoms with van der Waals surface area (Å²) < 4.78 is 29.4. The number of carboxylic acids is 1. The number of esters is 1. The molecule has 2 N–H and O–H groups in total. The first-order chi connectivity index (χ1) is 30.4. The van der Waals surface area contributed by atoms with E-state index in [1.807, 2.05) is 24.3 Å². The minimum atomic E-state index is -1.08. The molecular formula is C45H47LiN8O11. The van der Waals surface area contributed by atoms with Gasteiger partial charge in [0, 0.05) is 72.0 Å². The van der Waals surface area contributed by atoms with E-state index in [1.165, 1.54) is 30.0 Å². The van der Waals surface area contributed by atoms with Crippen LogP contribution in [-0.2, 0) is 27.4 Å². The second-order valence-corrected chi connectivity index (χ2v) is 15.1. The van der Waals surface area contributed by atoms with Gasteiger partial charge in [0.25, 0.3) is 11.1 Å². The number of methoxy groups -OCH3 is 3. The molecule has 2 saturated carbocycles. The molecule has 0 aliphatic heterocycles. The average Bonchev–Trinajstić information content (AvgIpc) is 4.23. The van der Waals surface area contributed by atoms with Gasteiger partial charge in [-0.15, -0.1) is 0 Å². The van der Waals surface area contributed by atoms with Crippen LogP contribution < -0.4 is 48.9 Å². The Morgan fingerprint density at radius 3 is 1.48 bits per heavy atom. The molecule has 6 aromatic heterocycles. The van der Waals surface area contributed by atoms with E-state index in [0.29, 0.717) is 82.5 Å². The Labute approximate surface area is 385 Å². The molecule has 19 nitrogen and oxygen atoms in total. The standard InChI is InChI=1S/C23H24N4O5.C22H22N4O5.Li.H2O/c1-14-24-11-19(15-6-7-27(21(28)9-15)12-22(29)31-3)23(26-14)32-13-16-8-18(16)20-5-4-17(30-2)10-25-20;1-13-23-10-18(14-5-6-26(11-21(28)29)20(27)8-14)22(25-13)31-12-15-7-17(15)19-4-3-16(30-2)9-24-19;;/h4-7,9-11,16,18H,8,12-13H2,1-3H3;3-6,8-10,15,17H,7,11-12H2,1-2H3,(H,28,29);;1H2/q;;+1;/p-1/t16-,18+;15-,17+;;/m11../s1. The van der Waals surface area contributed by atoms with Gasteiger partial charge in [0.05, 0.1) is 58.1 Å². The van der Waals surface area contributed by atoms with Crippen molar-refractivity contribution in [1.82, 2.24) is 39.0 Å². The molecular weight excluding hydrogens is 835 g/mol. The molecule has 2 fully saturated rings. The molecule has 334 valence electrons. The first-order valence-electron chi connectivity index (χ1n) is 20.1. The number of aryl methyl sites for hydroxylation is 2. The Morgan fingerprint density at radius 2 is 1.11 bits per heavy atom. The molecule has 0 bridgehead atoms. The van der Waals surface area contributed by atoms with E-state index in [4.69, 9.17) is 24.1 Å². The maximum Gasteiger partial charge on any atom is 1.00 e.